The number of alkyl halides is 3. The maximum Gasteiger partial charge on any atom is 0.416 e. The molecule has 28 heavy (non-hydrogen) atoms. The van der Waals surface area contributed by atoms with Crippen molar-refractivity contribution in [3.05, 3.63) is 64.2 Å². The molecule has 1 N–H and O–H groups in total. The molecule has 0 fully saturated rings. The van der Waals surface area contributed by atoms with Crippen LogP contribution in [-0.2, 0) is 27.5 Å². The molecule has 0 spiro atoms. The molecule has 0 radical (unpaired) electrons. The fourth-order valence-electron chi connectivity index (χ4n) is 2.33. The third-order valence-corrected chi connectivity index (χ3v) is 5.36. The van der Waals surface area contributed by atoms with E-state index in [0.29, 0.717) is 11.6 Å². The van der Waals surface area contributed by atoms with Gasteiger partial charge in [0, 0.05) is 6.54 Å². The molecule has 0 atom stereocenters. The van der Waals surface area contributed by atoms with Gasteiger partial charge >= 0.3 is 6.18 Å². The van der Waals surface area contributed by atoms with E-state index >= 15 is 0 Å². The number of carbonyl (C=O) groups excluding carboxylic acids is 1. The van der Waals surface area contributed by atoms with Crippen molar-refractivity contribution >= 4 is 33.2 Å². The summed E-state index contributed by atoms with van der Waals surface area (Å²) in [5.41, 5.74) is 0.435. The zero-order valence-corrected chi connectivity index (χ0v) is 16.6. The van der Waals surface area contributed by atoms with Gasteiger partial charge in [-0.3, -0.25) is 4.79 Å². The van der Waals surface area contributed by atoms with Gasteiger partial charge in [-0.15, -0.1) is 0 Å². The molecule has 0 aliphatic rings. The minimum absolute atomic E-state index is 0.0527. The van der Waals surface area contributed by atoms with Gasteiger partial charge in [0.2, 0.25) is 15.9 Å². The average molecular weight is 435 g/mol. The molecule has 2 aromatic carbocycles. The lowest BCUT2D eigenvalue weighted by molar-refractivity contribution is -0.137. The van der Waals surface area contributed by atoms with E-state index in [1.165, 1.54) is 0 Å². The molecule has 2 aromatic rings. The second kappa shape index (κ2) is 8.50. The standard InChI is InChI=1S/C18H18ClF3N2O3S/c1-12-3-5-13(6-4-12)10-24(28(2,26)27)11-17(25)23-16-9-14(18(20,21)22)7-8-15(16)19/h3-9H,10-11H2,1-2H3,(H,23,25). The summed E-state index contributed by atoms with van der Waals surface area (Å²) in [6.45, 7) is 1.26. The van der Waals surface area contributed by atoms with E-state index in [4.69, 9.17) is 11.6 Å². The van der Waals surface area contributed by atoms with Crippen LogP contribution in [0.3, 0.4) is 0 Å². The van der Waals surface area contributed by atoms with Gasteiger partial charge in [0.25, 0.3) is 0 Å². The lowest BCUT2D eigenvalue weighted by Gasteiger charge is -2.20. The van der Waals surface area contributed by atoms with E-state index in [1.54, 1.807) is 24.3 Å². The van der Waals surface area contributed by atoms with E-state index in [-0.39, 0.29) is 17.3 Å². The topological polar surface area (TPSA) is 66.5 Å². The Balaban J connectivity index is 2.17. The summed E-state index contributed by atoms with van der Waals surface area (Å²) in [6, 6.07) is 9.57. The lowest BCUT2D eigenvalue weighted by atomic mass is 10.1. The number of rotatable bonds is 6. The molecule has 5 nitrogen and oxygen atoms in total. The van der Waals surface area contributed by atoms with Gasteiger partial charge in [-0.25, -0.2) is 8.42 Å². The van der Waals surface area contributed by atoms with Crippen LogP contribution < -0.4 is 5.32 Å². The highest BCUT2D eigenvalue weighted by Gasteiger charge is 2.31. The monoisotopic (exact) mass is 434 g/mol. The number of carbonyl (C=O) groups is 1. The smallest absolute Gasteiger partial charge is 0.324 e. The average Bonchev–Trinajstić information content (AvgIpc) is 2.56. The number of benzene rings is 2. The number of nitrogens with zero attached hydrogens (tertiary/aromatic N) is 1. The molecular formula is C18H18ClF3N2O3S. The lowest BCUT2D eigenvalue weighted by Crippen LogP contribution is -2.37. The number of nitrogens with one attached hydrogen (secondary N) is 1. The summed E-state index contributed by atoms with van der Waals surface area (Å²) in [4.78, 5) is 12.3. The van der Waals surface area contributed by atoms with Crippen molar-refractivity contribution in [2.75, 3.05) is 18.1 Å². The predicted molar refractivity (Wildman–Crippen MR) is 102 cm³/mol. The normalized spacial score (nSPS) is 12.2. The van der Waals surface area contributed by atoms with Crippen molar-refractivity contribution in [1.29, 1.82) is 0 Å². The summed E-state index contributed by atoms with van der Waals surface area (Å²) in [5.74, 6) is -0.807. The van der Waals surface area contributed by atoms with Crippen LogP contribution in [0.1, 0.15) is 16.7 Å². The first-order chi connectivity index (χ1) is 12.9. The van der Waals surface area contributed by atoms with Crippen LogP contribution in [0.5, 0.6) is 0 Å². The summed E-state index contributed by atoms with van der Waals surface area (Å²) in [6.07, 6.45) is -3.65. The van der Waals surface area contributed by atoms with Crippen LogP contribution >= 0.6 is 11.6 Å². The zero-order valence-electron chi connectivity index (χ0n) is 15.0. The number of aryl methyl sites for hydroxylation is 1. The Morgan fingerprint density at radius 3 is 2.29 bits per heavy atom. The molecule has 10 heteroatoms. The van der Waals surface area contributed by atoms with Gasteiger partial charge in [0.15, 0.2) is 0 Å². The fraction of sp³-hybridized carbons (Fsp3) is 0.278. The second-order valence-electron chi connectivity index (χ2n) is 6.26. The van der Waals surface area contributed by atoms with Crippen molar-refractivity contribution in [3.63, 3.8) is 0 Å². The molecule has 0 aliphatic heterocycles. The van der Waals surface area contributed by atoms with Crippen molar-refractivity contribution < 1.29 is 26.4 Å². The number of anilines is 1. The number of halogens is 4. The zero-order chi connectivity index (χ0) is 21.1. The van der Waals surface area contributed by atoms with Crippen LogP contribution in [0, 0.1) is 6.92 Å². The van der Waals surface area contributed by atoms with Crippen LogP contribution in [0.4, 0.5) is 18.9 Å². The van der Waals surface area contributed by atoms with E-state index in [1.807, 2.05) is 6.92 Å². The Bertz CT molecular complexity index is 961. The van der Waals surface area contributed by atoms with E-state index in [0.717, 1.165) is 28.3 Å². The molecule has 1 amide bonds. The van der Waals surface area contributed by atoms with Gasteiger partial charge in [0.05, 0.1) is 29.1 Å². The van der Waals surface area contributed by atoms with Crippen LogP contribution in [-0.4, -0.2) is 31.4 Å². The van der Waals surface area contributed by atoms with Gasteiger partial charge in [-0.05, 0) is 30.7 Å². The highest BCUT2D eigenvalue weighted by atomic mass is 35.5. The van der Waals surface area contributed by atoms with Crippen LogP contribution in [0.2, 0.25) is 5.02 Å². The highest BCUT2D eigenvalue weighted by molar-refractivity contribution is 7.88. The molecule has 0 heterocycles. The molecule has 2 rings (SSSR count). The predicted octanol–water partition coefficient (Wildman–Crippen LogP) is 4.07. The van der Waals surface area contributed by atoms with Gasteiger partial charge in [0.1, 0.15) is 0 Å². The summed E-state index contributed by atoms with van der Waals surface area (Å²) >= 11 is 5.85. The minimum Gasteiger partial charge on any atom is -0.324 e. The minimum atomic E-state index is -4.60. The highest BCUT2D eigenvalue weighted by Crippen LogP contribution is 2.33. The van der Waals surface area contributed by atoms with E-state index < -0.39 is 34.2 Å². The molecule has 0 aromatic heterocycles. The first-order valence-electron chi connectivity index (χ1n) is 8.03. The summed E-state index contributed by atoms with van der Waals surface area (Å²) < 4.78 is 63.4. The summed E-state index contributed by atoms with van der Waals surface area (Å²) in [5, 5.41) is 2.15. The molecule has 0 saturated heterocycles. The Kier molecular flexibility index (Phi) is 6.74. The quantitative estimate of drug-likeness (QED) is 0.745. The van der Waals surface area contributed by atoms with Crippen molar-refractivity contribution in [3.8, 4) is 0 Å². The largest absolute Gasteiger partial charge is 0.416 e. The van der Waals surface area contributed by atoms with Crippen molar-refractivity contribution in [2.24, 2.45) is 0 Å². The summed E-state index contributed by atoms with van der Waals surface area (Å²) in [7, 11) is -3.74. The maximum absolute atomic E-state index is 12.8. The number of hydrogen-bond acceptors (Lipinski definition) is 3. The number of hydrogen-bond donors (Lipinski definition) is 1. The Hall–Kier alpha value is -2.10. The Morgan fingerprint density at radius 1 is 1.14 bits per heavy atom. The van der Waals surface area contributed by atoms with E-state index in [9.17, 15) is 26.4 Å². The van der Waals surface area contributed by atoms with E-state index in [2.05, 4.69) is 5.32 Å². The Morgan fingerprint density at radius 2 is 1.75 bits per heavy atom. The number of sulfonamides is 1. The maximum atomic E-state index is 12.8. The number of amides is 1. The fourth-order valence-corrected chi connectivity index (χ4v) is 3.23. The van der Waals surface area contributed by atoms with Crippen molar-refractivity contribution in [1.82, 2.24) is 4.31 Å². The molecule has 0 bridgehead atoms. The molecular weight excluding hydrogens is 417 g/mol. The molecule has 0 saturated carbocycles. The molecule has 152 valence electrons. The van der Waals surface area contributed by atoms with Crippen LogP contribution in [0.15, 0.2) is 42.5 Å². The first kappa shape index (κ1) is 22.2. The third kappa shape index (κ3) is 6.22. The third-order valence-electron chi connectivity index (χ3n) is 3.84. The SMILES string of the molecule is Cc1ccc(CN(CC(=O)Nc2cc(C(F)(F)F)ccc2Cl)S(C)(=O)=O)cc1. The molecule has 0 aliphatic carbocycles. The van der Waals surface area contributed by atoms with Gasteiger partial charge in [-0.1, -0.05) is 41.4 Å². The first-order valence-corrected chi connectivity index (χ1v) is 10.3. The second-order valence-corrected chi connectivity index (χ2v) is 8.65. The molecule has 0 unspecified atom stereocenters. The Labute approximate surface area is 166 Å². The van der Waals surface area contributed by atoms with Gasteiger partial charge < -0.3 is 5.32 Å². The van der Waals surface area contributed by atoms with Gasteiger partial charge in [-0.2, -0.15) is 17.5 Å². The van der Waals surface area contributed by atoms with Crippen molar-refractivity contribution in [2.45, 2.75) is 19.6 Å². The van der Waals surface area contributed by atoms with Crippen LogP contribution in [0.25, 0.3) is 0 Å².